The van der Waals surface area contributed by atoms with E-state index in [1.807, 2.05) is 36.4 Å². The molecule has 37 heavy (non-hydrogen) atoms. The van der Waals surface area contributed by atoms with Crippen LogP contribution in [0.25, 0.3) is 0 Å². The first-order chi connectivity index (χ1) is 17.7. The lowest BCUT2D eigenvalue weighted by Gasteiger charge is -2.35. The molecule has 2 aliphatic rings. The molecular weight excluding hydrogens is 492 g/mol. The average molecular weight is 523 g/mol. The predicted octanol–water partition coefficient (Wildman–Crippen LogP) is 2.38. The van der Waals surface area contributed by atoms with Crippen LogP contribution >= 0.6 is 0 Å². The maximum Gasteiger partial charge on any atom is 0.307 e. The fraction of sp³-hybridized carbons (Fsp3) is 0.370. The molecule has 1 amide bonds. The normalized spacial score (nSPS) is 22.7. The molecule has 0 spiro atoms. The van der Waals surface area contributed by atoms with Gasteiger partial charge in [0.1, 0.15) is 0 Å². The topological polar surface area (TPSA) is 130 Å². The van der Waals surface area contributed by atoms with Crippen LogP contribution in [0.1, 0.15) is 41.0 Å². The van der Waals surface area contributed by atoms with Crippen LogP contribution in [0.5, 0.6) is 0 Å². The van der Waals surface area contributed by atoms with Crippen molar-refractivity contribution in [3.05, 3.63) is 83.3 Å². The molecule has 3 aromatic rings. The number of nitrogens with zero attached hydrogens (tertiary/aromatic N) is 2. The van der Waals surface area contributed by atoms with Gasteiger partial charge in [0.15, 0.2) is 5.03 Å². The number of aliphatic carboxylic acids is 1. The van der Waals surface area contributed by atoms with E-state index in [1.165, 1.54) is 18.1 Å². The number of rotatable bonds is 9. The van der Waals surface area contributed by atoms with Crippen LogP contribution in [0.15, 0.2) is 66.1 Å². The third-order valence-corrected chi connectivity index (χ3v) is 8.60. The number of hydrogen-bond donors (Lipinski definition) is 3. The Balaban J connectivity index is 1.38. The SMILES string of the molecule is Cn1cnc(S(=O)(=O)NCc2ccc3c(c2)C(Cc2ccccc2)C(NC(=O)C2CC2C(=O)O)CC3)c1. The van der Waals surface area contributed by atoms with E-state index in [-0.39, 0.29) is 29.4 Å². The number of carbonyl (C=O) groups excluding carboxylic acids is 1. The first kappa shape index (κ1) is 25.2. The second-order valence-electron chi connectivity index (χ2n) is 9.97. The lowest BCUT2D eigenvalue weighted by molar-refractivity contribution is -0.140. The standard InChI is InChI=1S/C27H30N4O5S/c1-31-15-25(28-16-31)37(35,36)29-14-18-7-8-19-9-10-24(30-26(32)22-13-23(22)27(33)34)21(20(19)12-18)11-17-5-3-2-4-6-17/h2-8,12,15-16,21-24,29H,9-11,13-14H2,1H3,(H,30,32)(H,33,34). The number of fused-ring (bicyclic) bond motifs is 1. The zero-order valence-electron chi connectivity index (χ0n) is 20.5. The number of nitrogens with one attached hydrogen (secondary N) is 2. The number of sulfonamides is 1. The molecule has 0 saturated heterocycles. The Hall–Kier alpha value is -3.50. The molecule has 1 fully saturated rings. The number of amides is 1. The lowest BCUT2D eigenvalue weighted by atomic mass is 9.75. The fourth-order valence-corrected chi connectivity index (χ4v) is 6.17. The Morgan fingerprint density at radius 3 is 2.57 bits per heavy atom. The highest BCUT2D eigenvalue weighted by Crippen LogP contribution is 2.40. The summed E-state index contributed by atoms with van der Waals surface area (Å²) < 4.78 is 29.5. The van der Waals surface area contributed by atoms with Gasteiger partial charge in [-0.2, -0.15) is 0 Å². The van der Waals surface area contributed by atoms with Gasteiger partial charge in [-0.05, 0) is 47.9 Å². The fourth-order valence-electron chi connectivity index (χ4n) is 5.18. The number of carbonyl (C=O) groups is 2. The van der Waals surface area contributed by atoms with Crippen molar-refractivity contribution in [3.63, 3.8) is 0 Å². The second kappa shape index (κ2) is 10.1. The van der Waals surface area contributed by atoms with E-state index in [0.29, 0.717) is 12.8 Å². The molecule has 0 aliphatic heterocycles. The Morgan fingerprint density at radius 1 is 1.11 bits per heavy atom. The minimum atomic E-state index is -3.75. The van der Waals surface area contributed by atoms with Gasteiger partial charge in [0.2, 0.25) is 5.91 Å². The molecule has 1 aromatic heterocycles. The second-order valence-corrected chi connectivity index (χ2v) is 11.7. The summed E-state index contributed by atoms with van der Waals surface area (Å²) in [6.07, 6.45) is 5.51. The summed E-state index contributed by atoms with van der Waals surface area (Å²) in [5, 5.41) is 12.4. The average Bonchev–Trinajstić information content (AvgIpc) is 3.58. The van der Waals surface area contributed by atoms with Crippen molar-refractivity contribution in [1.29, 1.82) is 0 Å². The number of carboxylic acids is 1. The van der Waals surface area contributed by atoms with Crippen molar-refractivity contribution in [2.24, 2.45) is 18.9 Å². The summed E-state index contributed by atoms with van der Waals surface area (Å²) in [6.45, 7) is 0.115. The quantitative estimate of drug-likeness (QED) is 0.396. The molecule has 4 unspecified atom stereocenters. The maximum absolute atomic E-state index is 12.9. The zero-order chi connectivity index (χ0) is 26.2. The Morgan fingerprint density at radius 2 is 1.89 bits per heavy atom. The van der Waals surface area contributed by atoms with Gasteiger partial charge in [-0.25, -0.2) is 18.1 Å². The summed E-state index contributed by atoms with van der Waals surface area (Å²) in [6, 6.07) is 15.9. The molecule has 5 rings (SSSR count). The maximum atomic E-state index is 12.9. The van der Waals surface area contributed by atoms with Crippen molar-refractivity contribution in [3.8, 4) is 0 Å². The molecule has 2 aliphatic carbocycles. The van der Waals surface area contributed by atoms with E-state index >= 15 is 0 Å². The smallest absolute Gasteiger partial charge is 0.307 e. The van der Waals surface area contributed by atoms with Crippen LogP contribution in [0.2, 0.25) is 0 Å². The van der Waals surface area contributed by atoms with E-state index in [9.17, 15) is 23.1 Å². The third-order valence-electron chi connectivity index (χ3n) is 7.31. The zero-order valence-corrected chi connectivity index (χ0v) is 21.3. The number of imidazole rings is 1. The molecule has 1 saturated carbocycles. The van der Waals surface area contributed by atoms with E-state index < -0.39 is 27.8 Å². The highest BCUT2D eigenvalue weighted by molar-refractivity contribution is 7.89. The van der Waals surface area contributed by atoms with Gasteiger partial charge in [0.25, 0.3) is 10.0 Å². The number of benzene rings is 2. The summed E-state index contributed by atoms with van der Waals surface area (Å²) in [5.74, 6) is -2.21. The van der Waals surface area contributed by atoms with E-state index in [2.05, 4.69) is 27.2 Å². The van der Waals surface area contributed by atoms with Crippen molar-refractivity contribution in [2.75, 3.05) is 0 Å². The van der Waals surface area contributed by atoms with E-state index in [0.717, 1.165) is 29.5 Å². The Bertz CT molecular complexity index is 1420. The van der Waals surface area contributed by atoms with E-state index in [1.54, 1.807) is 11.6 Å². The molecule has 4 atom stereocenters. The number of aryl methyl sites for hydroxylation is 2. The first-order valence-electron chi connectivity index (χ1n) is 12.4. The summed E-state index contributed by atoms with van der Waals surface area (Å²) in [7, 11) is -2.04. The van der Waals surface area contributed by atoms with Gasteiger partial charge in [-0.3, -0.25) is 9.59 Å². The van der Waals surface area contributed by atoms with E-state index in [4.69, 9.17) is 0 Å². The number of carboxylic acid groups (broad SMARTS) is 1. The molecule has 1 heterocycles. The van der Waals surface area contributed by atoms with Crippen LogP contribution in [0, 0.1) is 11.8 Å². The van der Waals surface area contributed by atoms with Gasteiger partial charge >= 0.3 is 5.97 Å². The molecule has 3 N–H and O–H groups in total. The van der Waals surface area contributed by atoms with Crippen molar-refractivity contribution in [2.45, 2.75) is 49.2 Å². The molecule has 194 valence electrons. The minimum Gasteiger partial charge on any atom is -0.481 e. The number of hydrogen-bond acceptors (Lipinski definition) is 5. The summed E-state index contributed by atoms with van der Waals surface area (Å²) in [5.41, 5.74) is 4.21. The monoisotopic (exact) mass is 522 g/mol. The van der Waals surface area contributed by atoms with Gasteiger partial charge < -0.3 is 15.0 Å². The van der Waals surface area contributed by atoms with Crippen LogP contribution in [-0.2, 0) is 46.0 Å². The van der Waals surface area contributed by atoms with Crippen LogP contribution in [-0.4, -0.2) is 41.0 Å². The van der Waals surface area contributed by atoms with Gasteiger partial charge in [0.05, 0.1) is 18.2 Å². The predicted molar refractivity (Wildman–Crippen MR) is 136 cm³/mol. The molecular formula is C27H30N4O5S. The van der Waals surface area contributed by atoms with Crippen molar-refractivity contribution < 1.29 is 23.1 Å². The highest BCUT2D eigenvalue weighted by atomic mass is 32.2. The van der Waals surface area contributed by atoms with Gasteiger partial charge in [0, 0.05) is 31.7 Å². The molecule has 10 heteroatoms. The Labute approximate surface area is 216 Å². The molecule has 0 bridgehead atoms. The third kappa shape index (κ3) is 5.60. The minimum absolute atomic E-state index is 0.0236. The largest absolute Gasteiger partial charge is 0.481 e. The van der Waals surface area contributed by atoms with Crippen LogP contribution in [0.3, 0.4) is 0 Å². The van der Waals surface area contributed by atoms with Gasteiger partial charge in [-0.1, -0.05) is 48.5 Å². The lowest BCUT2D eigenvalue weighted by Crippen LogP contribution is -2.43. The number of aromatic nitrogens is 2. The highest BCUT2D eigenvalue weighted by Gasteiger charge is 2.49. The van der Waals surface area contributed by atoms with Crippen LogP contribution in [0.4, 0.5) is 0 Å². The first-order valence-corrected chi connectivity index (χ1v) is 13.9. The summed E-state index contributed by atoms with van der Waals surface area (Å²) >= 11 is 0. The van der Waals surface area contributed by atoms with Crippen molar-refractivity contribution >= 4 is 21.9 Å². The van der Waals surface area contributed by atoms with Gasteiger partial charge in [-0.15, -0.1) is 0 Å². The molecule has 2 aromatic carbocycles. The molecule has 0 radical (unpaired) electrons. The molecule has 9 nitrogen and oxygen atoms in total. The Kier molecular flexibility index (Phi) is 6.87. The summed E-state index contributed by atoms with van der Waals surface area (Å²) in [4.78, 5) is 28.1. The van der Waals surface area contributed by atoms with Crippen LogP contribution < -0.4 is 10.0 Å². The van der Waals surface area contributed by atoms with Crippen molar-refractivity contribution in [1.82, 2.24) is 19.6 Å².